The summed E-state index contributed by atoms with van der Waals surface area (Å²) in [6.45, 7) is 2.84. The van der Waals surface area contributed by atoms with Crippen molar-refractivity contribution < 1.29 is 14.3 Å². The number of carbonyl (C=O) groups is 2. The van der Waals surface area contributed by atoms with Gasteiger partial charge in [-0.2, -0.15) is 4.98 Å². The van der Waals surface area contributed by atoms with Crippen molar-refractivity contribution in [2.24, 2.45) is 11.7 Å². The number of hydrogen-bond donors (Lipinski definition) is 2. The van der Waals surface area contributed by atoms with Gasteiger partial charge in [-0.05, 0) is 6.92 Å². The van der Waals surface area contributed by atoms with Crippen molar-refractivity contribution in [1.82, 2.24) is 14.8 Å². The lowest BCUT2D eigenvalue weighted by Gasteiger charge is -2.21. The summed E-state index contributed by atoms with van der Waals surface area (Å²) in [5, 5.41) is 6.81. The Hall–Kier alpha value is -2.12. The molecule has 0 aliphatic carbocycles. The molecule has 3 N–H and O–H groups in total. The van der Waals surface area contributed by atoms with Gasteiger partial charge in [0.1, 0.15) is 0 Å². The van der Waals surface area contributed by atoms with E-state index >= 15 is 0 Å². The van der Waals surface area contributed by atoms with E-state index in [1.165, 1.54) is 4.68 Å². The van der Waals surface area contributed by atoms with Gasteiger partial charge in [-0.1, -0.05) is 0 Å². The second kappa shape index (κ2) is 4.40. The zero-order chi connectivity index (χ0) is 12.4. The number of nitrogens with zero attached hydrogens (tertiary/aromatic N) is 3. The number of nitrogens with two attached hydrogens (primary N) is 1. The third-order valence-corrected chi connectivity index (χ3v) is 2.41. The van der Waals surface area contributed by atoms with Gasteiger partial charge in [0.15, 0.2) is 0 Å². The number of esters is 1. The van der Waals surface area contributed by atoms with E-state index in [4.69, 9.17) is 10.5 Å². The summed E-state index contributed by atoms with van der Waals surface area (Å²) < 4.78 is 6.37. The lowest BCUT2D eigenvalue weighted by Crippen LogP contribution is -2.34. The van der Waals surface area contributed by atoms with E-state index < -0.39 is 5.91 Å². The van der Waals surface area contributed by atoms with Crippen LogP contribution in [0.3, 0.4) is 0 Å². The monoisotopic (exact) mass is 239 g/mol. The molecule has 0 aromatic carbocycles. The Kier molecular flexibility index (Phi) is 2.94. The number of fused-ring (bicyclic) bond motifs is 1. The minimum Gasteiger partial charge on any atom is -0.466 e. The Balaban J connectivity index is 2.13. The molecule has 0 fully saturated rings. The number of aromatic nitrogens is 3. The summed E-state index contributed by atoms with van der Waals surface area (Å²) in [4.78, 5) is 26.3. The van der Waals surface area contributed by atoms with E-state index in [-0.39, 0.29) is 17.7 Å². The highest BCUT2D eigenvalue weighted by molar-refractivity contribution is 5.89. The highest BCUT2D eigenvalue weighted by atomic mass is 16.5. The number of hydrogen-bond acceptors (Lipinski definition) is 6. The average Bonchev–Trinajstić information content (AvgIpc) is 2.71. The van der Waals surface area contributed by atoms with Gasteiger partial charge < -0.3 is 15.8 Å². The van der Waals surface area contributed by atoms with Crippen LogP contribution >= 0.6 is 0 Å². The van der Waals surface area contributed by atoms with Crippen molar-refractivity contribution in [2.75, 3.05) is 18.5 Å². The highest BCUT2D eigenvalue weighted by Crippen LogP contribution is 2.16. The molecular formula is C9H13N5O3. The first kappa shape index (κ1) is 11.4. The van der Waals surface area contributed by atoms with Gasteiger partial charge in [0.05, 0.1) is 19.1 Å². The van der Waals surface area contributed by atoms with Gasteiger partial charge in [0, 0.05) is 6.54 Å². The number of ether oxygens (including phenoxy) is 1. The largest absolute Gasteiger partial charge is 0.466 e. The van der Waals surface area contributed by atoms with Crippen LogP contribution in [0.5, 0.6) is 0 Å². The molecule has 1 aliphatic heterocycles. The molecule has 1 aromatic rings. The van der Waals surface area contributed by atoms with Crippen molar-refractivity contribution in [3.8, 4) is 0 Å². The Labute approximate surface area is 97.1 Å². The second-order valence-electron chi connectivity index (χ2n) is 3.64. The maximum Gasteiger partial charge on any atom is 0.312 e. The maximum atomic E-state index is 11.5. The zero-order valence-corrected chi connectivity index (χ0v) is 9.34. The van der Waals surface area contributed by atoms with E-state index in [0.29, 0.717) is 25.6 Å². The molecule has 0 spiro atoms. The first-order chi connectivity index (χ1) is 8.11. The summed E-state index contributed by atoms with van der Waals surface area (Å²) in [6, 6.07) is 0. The summed E-state index contributed by atoms with van der Waals surface area (Å²) in [6.07, 6.45) is 0. The number of anilines is 1. The minimum atomic E-state index is -0.693. The maximum absolute atomic E-state index is 11.5. The Morgan fingerprint density at radius 2 is 2.41 bits per heavy atom. The Morgan fingerprint density at radius 3 is 3.06 bits per heavy atom. The fraction of sp³-hybridized carbons (Fsp3) is 0.556. The highest BCUT2D eigenvalue weighted by Gasteiger charge is 2.28. The first-order valence-electron chi connectivity index (χ1n) is 5.27. The molecule has 1 atom stereocenters. The van der Waals surface area contributed by atoms with Gasteiger partial charge in [-0.15, -0.1) is 5.10 Å². The molecule has 1 aromatic heterocycles. The minimum absolute atomic E-state index is 0.0583. The smallest absolute Gasteiger partial charge is 0.312 e. The quantitative estimate of drug-likeness (QED) is 0.653. The van der Waals surface area contributed by atoms with Gasteiger partial charge in [0.2, 0.25) is 11.8 Å². The predicted octanol–water partition coefficient (Wildman–Crippen LogP) is -1.02. The third kappa shape index (κ3) is 2.19. The summed E-state index contributed by atoms with van der Waals surface area (Å²) in [7, 11) is 0. The number of rotatable bonds is 3. The molecule has 0 saturated heterocycles. The molecule has 8 nitrogen and oxygen atoms in total. The molecule has 1 unspecified atom stereocenters. The lowest BCUT2D eigenvalue weighted by molar-refractivity contribution is -0.148. The van der Waals surface area contributed by atoms with Crippen molar-refractivity contribution in [3.05, 3.63) is 5.82 Å². The second-order valence-corrected chi connectivity index (χ2v) is 3.64. The van der Waals surface area contributed by atoms with Crippen molar-refractivity contribution >= 4 is 17.8 Å². The molecular weight excluding hydrogens is 226 g/mol. The van der Waals surface area contributed by atoms with Crippen LogP contribution in [0.15, 0.2) is 0 Å². The van der Waals surface area contributed by atoms with Gasteiger partial charge in [-0.25, -0.2) is 4.68 Å². The molecule has 0 radical (unpaired) electrons. The zero-order valence-electron chi connectivity index (χ0n) is 9.34. The van der Waals surface area contributed by atoms with Gasteiger partial charge in [-0.3, -0.25) is 9.59 Å². The Bertz CT molecular complexity index is 455. The van der Waals surface area contributed by atoms with Crippen LogP contribution in [-0.2, 0) is 16.1 Å². The summed E-state index contributed by atoms with van der Waals surface area (Å²) in [5.74, 6) is -0.926. The van der Waals surface area contributed by atoms with Crippen LogP contribution in [0, 0.1) is 5.92 Å². The molecule has 92 valence electrons. The number of nitrogens with one attached hydrogen (secondary N) is 1. The van der Waals surface area contributed by atoms with Crippen LogP contribution in [0.1, 0.15) is 17.5 Å². The number of primary amides is 1. The van der Waals surface area contributed by atoms with Crippen LogP contribution < -0.4 is 11.1 Å². The fourth-order valence-corrected chi connectivity index (χ4v) is 1.61. The van der Waals surface area contributed by atoms with Crippen LogP contribution in [0.25, 0.3) is 0 Å². The number of carbonyl (C=O) groups excluding carboxylic acids is 2. The van der Waals surface area contributed by atoms with E-state index in [0.717, 1.165) is 0 Å². The molecule has 17 heavy (non-hydrogen) atoms. The Morgan fingerprint density at radius 1 is 1.65 bits per heavy atom. The van der Waals surface area contributed by atoms with Crippen molar-refractivity contribution in [2.45, 2.75) is 13.5 Å². The topological polar surface area (TPSA) is 112 Å². The molecule has 2 heterocycles. The molecule has 2 rings (SSSR count). The average molecular weight is 239 g/mol. The van der Waals surface area contributed by atoms with E-state index in [2.05, 4.69) is 15.4 Å². The van der Waals surface area contributed by atoms with Gasteiger partial charge >= 0.3 is 5.97 Å². The molecule has 0 saturated carbocycles. The van der Waals surface area contributed by atoms with E-state index in [1.54, 1.807) is 6.92 Å². The molecule has 0 bridgehead atoms. The first-order valence-corrected chi connectivity index (χ1v) is 5.27. The van der Waals surface area contributed by atoms with Crippen molar-refractivity contribution in [1.29, 1.82) is 0 Å². The van der Waals surface area contributed by atoms with Crippen LogP contribution in [-0.4, -0.2) is 39.8 Å². The lowest BCUT2D eigenvalue weighted by atomic mass is 10.1. The van der Waals surface area contributed by atoms with E-state index in [9.17, 15) is 9.59 Å². The SMILES string of the molecule is CCOC(=O)C1CNc2nc(C(N)=O)nn2C1. The summed E-state index contributed by atoms with van der Waals surface area (Å²) in [5.41, 5.74) is 5.07. The van der Waals surface area contributed by atoms with Crippen molar-refractivity contribution in [3.63, 3.8) is 0 Å². The molecule has 1 amide bonds. The van der Waals surface area contributed by atoms with E-state index in [1.807, 2.05) is 0 Å². The standard InChI is InChI=1S/C9H13N5O3/c1-2-17-8(16)5-3-11-9-12-7(6(10)15)13-14(9)4-5/h5H,2-4H2,1H3,(H2,10,15)(H,11,12,13). The summed E-state index contributed by atoms with van der Waals surface area (Å²) >= 11 is 0. The fourth-order valence-electron chi connectivity index (χ4n) is 1.61. The normalized spacial score (nSPS) is 18.1. The van der Waals surface area contributed by atoms with Crippen LogP contribution in [0.2, 0.25) is 0 Å². The molecule has 1 aliphatic rings. The third-order valence-electron chi connectivity index (χ3n) is 2.41. The van der Waals surface area contributed by atoms with Crippen LogP contribution in [0.4, 0.5) is 5.95 Å². The predicted molar refractivity (Wildman–Crippen MR) is 57.2 cm³/mol. The molecule has 8 heteroatoms. The number of amides is 1. The van der Waals surface area contributed by atoms with Gasteiger partial charge in [0.25, 0.3) is 5.91 Å².